The molecule has 22 heavy (non-hydrogen) atoms. The van der Waals surface area contributed by atoms with E-state index in [-0.39, 0.29) is 25.4 Å². The first-order valence-corrected chi connectivity index (χ1v) is 8.15. The molecule has 1 aliphatic heterocycles. The molecule has 0 N–H and O–H groups in total. The van der Waals surface area contributed by atoms with Crippen molar-refractivity contribution in [1.29, 1.82) is 0 Å². The average molecular weight is 320 g/mol. The summed E-state index contributed by atoms with van der Waals surface area (Å²) in [5, 5.41) is 3.74. The van der Waals surface area contributed by atoms with Gasteiger partial charge in [0.1, 0.15) is 5.75 Å². The average Bonchev–Trinajstić information content (AvgIpc) is 3.08. The molecule has 0 atom stereocenters. The quantitative estimate of drug-likeness (QED) is 0.870. The first kappa shape index (κ1) is 15.0. The van der Waals surface area contributed by atoms with Gasteiger partial charge in [-0.15, -0.1) is 11.3 Å². The first-order valence-electron chi connectivity index (χ1n) is 7.21. The zero-order valence-corrected chi connectivity index (χ0v) is 12.9. The molecule has 2 aromatic rings. The Morgan fingerprint density at radius 3 is 2.82 bits per heavy atom. The van der Waals surface area contributed by atoms with E-state index in [1.165, 1.54) is 11.3 Å². The number of carbonyl (C=O) groups is 1. The maximum absolute atomic E-state index is 14.9. The van der Waals surface area contributed by atoms with E-state index in [0.29, 0.717) is 24.5 Å². The molecule has 0 aromatic carbocycles. The van der Waals surface area contributed by atoms with E-state index in [1.54, 1.807) is 29.3 Å². The van der Waals surface area contributed by atoms with Gasteiger partial charge < -0.3 is 9.64 Å². The normalized spacial score (nSPS) is 17.2. The van der Waals surface area contributed by atoms with E-state index in [2.05, 4.69) is 4.98 Å². The minimum absolute atomic E-state index is 0.000391. The van der Waals surface area contributed by atoms with Crippen LogP contribution < -0.4 is 4.74 Å². The Kier molecular flexibility index (Phi) is 4.38. The second-order valence-electron chi connectivity index (χ2n) is 5.31. The van der Waals surface area contributed by atoms with Gasteiger partial charge in [0, 0.05) is 37.5 Å². The van der Waals surface area contributed by atoms with Crippen molar-refractivity contribution in [3.05, 3.63) is 46.9 Å². The Labute approximate surface area is 132 Å². The van der Waals surface area contributed by atoms with Crippen LogP contribution >= 0.6 is 11.3 Å². The lowest BCUT2D eigenvalue weighted by atomic mass is 9.89. The van der Waals surface area contributed by atoms with Crippen LogP contribution in [0.1, 0.15) is 18.5 Å². The number of nitrogens with zero attached hydrogens (tertiary/aromatic N) is 2. The smallest absolute Gasteiger partial charge is 0.260 e. The monoisotopic (exact) mass is 320 g/mol. The highest BCUT2D eigenvalue weighted by molar-refractivity contribution is 7.08. The molecule has 0 radical (unpaired) electrons. The summed E-state index contributed by atoms with van der Waals surface area (Å²) in [6.07, 6.45) is 2.14. The number of rotatable bonds is 4. The van der Waals surface area contributed by atoms with Gasteiger partial charge in [-0.05, 0) is 23.6 Å². The first-order chi connectivity index (χ1) is 10.7. The molecule has 3 heterocycles. The van der Waals surface area contributed by atoms with Crippen molar-refractivity contribution in [3.8, 4) is 5.75 Å². The number of piperidine rings is 1. The van der Waals surface area contributed by atoms with Crippen molar-refractivity contribution < 1.29 is 13.9 Å². The summed E-state index contributed by atoms with van der Waals surface area (Å²) in [5.41, 5.74) is -0.983. The number of amides is 1. The molecule has 1 aliphatic rings. The molecule has 3 rings (SSSR count). The van der Waals surface area contributed by atoms with Gasteiger partial charge in [0.05, 0.1) is 5.69 Å². The molecule has 0 saturated carbocycles. The molecule has 2 aromatic heterocycles. The molecule has 1 fully saturated rings. The van der Waals surface area contributed by atoms with Crippen LogP contribution in [0.3, 0.4) is 0 Å². The minimum atomic E-state index is -1.44. The van der Waals surface area contributed by atoms with E-state index in [0.717, 1.165) is 0 Å². The summed E-state index contributed by atoms with van der Waals surface area (Å²) in [7, 11) is 0. The lowest BCUT2D eigenvalue weighted by molar-refractivity contribution is -0.136. The van der Waals surface area contributed by atoms with Crippen molar-refractivity contribution in [2.24, 2.45) is 0 Å². The molecule has 116 valence electrons. The van der Waals surface area contributed by atoms with Gasteiger partial charge in [-0.25, -0.2) is 4.39 Å². The fraction of sp³-hybridized carbons (Fsp3) is 0.375. The number of hydrogen-bond donors (Lipinski definition) is 0. The van der Waals surface area contributed by atoms with Gasteiger partial charge in [0.15, 0.2) is 12.3 Å². The topological polar surface area (TPSA) is 42.4 Å². The van der Waals surface area contributed by atoms with Crippen molar-refractivity contribution in [2.75, 3.05) is 19.7 Å². The van der Waals surface area contributed by atoms with Gasteiger partial charge in [-0.2, -0.15) is 0 Å². The van der Waals surface area contributed by atoms with Crippen molar-refractivity contribution in [2.45, 2.75) is 18.5 Å². The zero-order chi connectivity index (χ0) is 15.4. The second-order valence-corrected chi connectivity index (χ2v) is 6.09. The Morgan fingerprint density at radius 1 is 1.36 bits per heavy atom. The summed E-state index contributed by atoms with van der Waals surface area (Å²) in [6.45, 7) is 0.775. The lowest BCUT2D eigenvalue weighted by Crippen LogP contribution is -2.45. The third-order valence-corrected chi connectivity index (χ3v) is 4.55. The zero-order valence-electron chi connectivity index (χ0n) is 12.1. The highest BCUT2D eigenvalue weighted by Gasteiger charge is 2.38. The van der Waals surface area contributed by atoms with Gasteiger partial charge in [-0.1, -0.05) is 6.07 Å². The van der Waals surface area contributed by atoms with Crippen molar-refractivity contribution in [1.82, 2.24) is 9.88 Å². The number of halogens is 1. The number of thiophene rings is 1. The Balaban J connectivity index is 1.54. The van der Waals surface area contributed by atoms with Crippen LogP contribution in [-0.2, 0) is 10.5 Å². The predicted molar refractivity (Wildman–Crippen MR) is 82.7 cm³/mol. The molecule has 0 bridgehead atoms. The highest BCUT2D eigenvalue weighted by Crippen LogP contribution is 2.35. The summed E-state index contributed by atoms with van der Waals surface area (Å²) < 4.78 is 20.3. The summed E-state index contributed by atoms with van der Waals surface area (Å²) in [4.78, 5) is 17.9. The number of hydrogen-bond acceptors (Lipinski definition) is 4. The number of pyridine rings is 1. The standard InChI is InChI=1S/C16H17FN2O2S/c17-16(14-3-1-2-7-18-14)5-8-19(9-6-16)15(20)11-21-13-4-10-22-12-13/h1-4,7,10,12H,5-6,8-9,11H2. The molecule has 4 nitrogen and oxygen atoms in total. The predicted octanol–water partition coefficient (Wildman–Crippen LogP) is 3.01. The SMILES string of the molecule is O=C(COc1ccsc1)N1CCC(F)(c2ccccn2)CC1. The van der Waals surface area contributed by atoms with E-state index < -0.39 is 5.67 Å². The van der Waals surface area contributed by atoms with Crippen LogP contribution in [0, 0.1) is 0 Å². The molecule has 1 saturated heterocycles. The maximum Gasteiger partial charge on any atom is 0.260 e. The summed E-state index contributed by atoms with van der Waals surface area (Å²) in [5.74, 6) is 0.595. The van der Waals surface area contributed by atoms with E-state index in [1.807, 2.05) is 16.8 Å². The van der Waals surface area contributed by atoms with Crippen molar-refractivity contribution >= 4 is 17.2 Å². The number of alkyl halides is 1. The Hall–Kier alpha value is -1.95. The summed E-state index contributed by atoms with van der Waals surface area (Å²) >= 11 is 1.52. The van der Waals surface area contributed by atoms with Crippen LogP contribution in [0.2, 0.25) is 0 Å². The van der Waals surface area contributed by atoms with E-state index >= 15 is 0 Å². The number of aromatic nitrogens is 1. The second kappa shape index (κ2) is 6.44. The van der Waals surface area contributed by atoms with Crippen LogP contribution in [0.5, 0.6) is 5.75 Å². The highest BCUT2D eigenvalue weighted by atomic mass is 32.1. The summed E-state index contributed by atoms with van der Waals surface area (Å²) in [6, 6.07) is 7.09. The maximum atomic E-state index is 14.9. The lowest BCUT2D eigenvalue weighted by Gasteiger charge is -2.35. The fourth-order valence-corrected chi connectivity index (χ4v) is 3.14. The minimum Gasteiger partial charge on any atom is -0.483 e. The van der Waals surface area contributed by atoms with Crippen molar-refractivity contribution in [3.63, 3.8) is 0 Å². The van der Waals surface area contributed by atoms with Gasteiger partial charge in [0.2, 0.25) is 0 Å². The Morgan fingerprint density at radius 2 is 2.18 bits per heavy atom. The van der Waals surface area contributed by atoms with Crippen LogP contribution in [0.15, 0.2) is 41.2 Å². The molecular weight excluding hydrogens is 303 g/mol. The van der Waals surface area contributed by atoms with E-state index in [9.17, 15) is 9.18 Å². The molecular formula is C16H17FN2O2S. The molecule has 0 spiro atoms. The third-order valence-electron chi connectivity index (χ3n) is 3.89. The number of ether oxygens (including phenoxy) is 1. The largest absolute Gasteiger partial charge is 0.483 e. The molecule has 1 amide bonds. The van der Waals surface area contributed by atoms with Gasteiger partial charge in [0.25, 0.3) is 5.91 Å². The number of carbonyl (C=O) groups excluding carboxylic acids is 1. The molecule has 0 aliphatic carbocycles. The third kappa shape index (κ3) is 3.27. The molecule has 6 heteroatoms. The van der Waals surface area contributed by atoms with Gasteiger partial charge >= 0.3 is 0 Å². The van der Waals surface area contributed by atoms with Crippen LogP contribution in [0.4, 0.5) is 4.39 Å². The van der Waals surface area contributed by atoms with Gasteiger partial charge in [-0.3, -0.25) is 9.78 Å². The van der Waals surface area contributed by atoms with Crippen LogP contribution in [0.25, 0.3) is 0 Å². The van der Waals surface area contributed by atoms with E-state index in [4.69, 9.17) is 4.74 Å². The Bertz CT molecular complexity index is 610. The van der Waals surface area contributed by atoms with Crippen LogP contribution in [-0.4, -0.2) is 35.5 Å². The molecule has 0 unspecified atom stereocenters. The number of likely N-dealkylation sites (tertiary alicyclic amines) is 1. The fourth-order valence-electron chi connectivity index (χ4n) is 2.56.